The number of amides is 3. The highest BCUT2D eigenvalue weighted by Gasteiger charge is 2.11. The largest absolute Gasteiger partial charge is 0.331 e. The van der Waals surface area contributed by atoms with Crippen LogP contribution in [0.3, 0.4) is 0 Å². The molecule has 1 heterocycles. The molecule has 1 atom stereocenters. The number of carbonyl (C=O) groups is 2. The van der Waals surface area contributed by atoms with E-state index in [0.29, 0.717) is 0 Å². The Morgan fingerprint density at radius 2 is 2.06 bits per heavy atom. The fourth-order valence-electron chi connectivity index (χ4n) is 1.24. The molecule has 0 radical (unpaired) electrons. The lowest BCUT2D eigenvalue weighted by Gasteiger charge is -2.14. The van der Waals surface area contributed by atoms with Crippen LogP contribution < -0.4 is 10.6 Å². The molecule has 0 bridgehead atoms. The fraction of sp³-hybridized carbons (Fsp3) is 0.364. The second-order valence-corrected chi connectivity index (χ2v) is 3.84. The molecule has 0 fully saturated rings. The maximum atomic E-state index is 11.4. The molecule has 0 aliphatic heterocycles. The first kappa shape index (κ1) is 13.4. The van der Waals surface area contributed by atoms with E-state index >= 15 is 0 Å². The van der Waals surface area contributed by atoms with E-state index in [2.05, 4.69) is 15.6 Å². The molecule has 3 amide bonds. The van der Waals surface area contributed by atoms with Gasteiger partial charge >= 0.3 is 6.03 Å². The Balaban J connectivity index is 2.44. The van der Waals surface area contributed by atoms with Gasteiger partial charge in [-0.1, -0.05) is 0 Å². The summed E-state index contributed by atoms with van der Waals surface area (Å²) < 4.78 is 0. The van der Waals surface area contributed by atoms with Gasteiger partial charge in [0, 0.05) is 24.7 Å². The number of hydrogen-bond acceptors (Lipinski definition) is 3. The summed E-state index contributed by atoms with van der Waals surface area (Å²) in [5.41, 5.74) is 0.917. The fourth-order valence-corrected chi connectivity index (χ4v) is 1.41. The molecule has 17 heavy (non-hydrogen) atoms. The van der Waals surface area contributed by atoms with Crippen LogP contribution in [0.5, 0.6) is 0 Å². The van der Waals surface area contributed by atoms with Gasteiger partial charge in [-0.05, 0) is 24.6 Å². The Labute approximate surface area is 105 Å². The zero-order chi connectivity index (χ0) is 12.7. The number of urea groups is 1. The zero-order valence-corrected chi connectivity index (χ0v) is 10.2. The van der Waals surface area contributed by atoms with Crippen molar-refractivity contribution in [2.24, 2.45) is 0 Å². The Hall–Kier alpha value is -1.62. The van der Waals surface area contributed by atoms with Crippen molar-refractivity contribution in [3.63, 3.8) is 0 Å². The van der Waals surface area contributed by atoms with Crippen molar-refractivity contribution >= 4 is 23.5 Å². The number of nitrogens with zero attached hydrogens (tertiary/aromatic N) is 1. The van der Waals surface area contributed by atoms with Crippen LogP contribution in [-0.2, 0) is 4.79 Å². The van der Waals surface area contributed by atoms with Crippen molar-refractivity contribution in [3.05, 3.63) is 30.1 Å². The van der Waals surface area contributed by atoms with Gasteiger partial charge in [-0.3, -0.25) is 15.1 Å². The first-order chi connectivity index (χ1) is 8.13. The average Bonchev–Trinajstić information content (AvgIpc) is 2.30. The van der Waals surface area contributed by atoms with Crippen molar-refractivity contribution in [2.45, 2.75) is 19.4 Å². The van der Waals surface area contributed by atoms with Crippen molar-refractivity contribution in [2.75, 3.05) is 5.88 Å². The van der Waals surface area contributed by atoms with Gasteiger partial charge in [0.25, 0.3) is 0 Å². The van der Waals surface area contributed by atoms with E-state index in [1.54, 1.807) is 24.5 Å². The van der Waals surface area contributed by atoms with Crippen LogP contribution in [-0.4, -0.2) is 22.8 Å². The minimum absolute atomic E-state index is 0.124. The molecule has 1 unspecified atom stereocenters. The lowest BCUT2D eigenvalue weighted by molar-refractivity contribution is -0.119. The molecule has 0 aliphatic carbocycles. The summed E-state index contributed by atoms with van der Waals surface area (Å²) in [7, 11) is 0. The molecule has 6 heteroatoms. The summed E-state index contributed by atoms with van der Waals surface area (Å²) in [4.78, 5) is 26.4. The molecule has 2 N–H and O–H groups in total. The highest BCUT2D eigenvalue weighted by atomic mass is 35.5. The number of halogens is 1. The monoisotopic (exact) mass is 255 g/mol. The first-order valence-electron chi connectivity index (χ1n) is 5.19. The number of pyridine rings is 1. The third-order valence-electron chi connectivity index (χ3n) is 2.13. The summed E-state index contributed by atoms with van der Waals surface area (Å²) in [5, 5.41) is 4.84. The molecule has 0 saturated heterocycles. The second kappa shape index (κ2) is 6.85. The van der Waals surface area contributed by atoms with E-state index in [-0.39, 0.29) is 24.2 Å². The second-order valence-electron chi connectivity index (χ2n) is 3.46. The van der Waals surface area contributed by atoms with Gasteiger partial charge in [-0.2, -0.15) is 0 Å². The summed E-state index contributed by atoms with van der Waals surface area (Å²) in [6.45, 7) is 1.82. The standard InChI is InChI=1S/C11H14ClN3O2/c1-8(9-3-6-13-7-4-9)14-11(17)15-10(16)2-5-12/h3-4,6-8H,2,5H2,1H3,(H2,14,15,16,17). The normalized spacial score (nSPS) is 11.6. The van der Waals surface area contributed by atoms with Gasteiger partial charge in [-0.15, -0.1) is 11.6 Å². The molecule has 1 aromatic rings. The van der Waals surface area contributed by atoms with E-state index < -0.39 is 6.03 Å². The lowest BCUT2D eigenvalue weighted by atomic mass is 10.1. The highest BCUT2D eigenvalue weighted by molar-refractivity contribution is 6.19. The minimum atomic E-state index is -0.524. The van der Waals surface area contributed by atoms with Crippen LogP contribution in [0.1, 0.15) is 24.9 Å². The van der Waals surface area contributed by atoms with E-state index in [1.807, 2.05) is 6.92 Å². The van der Waals surface area contributed by atoms with Crippen LogP contribution in [0.15, 0.2) is 24.5 Å². The lowest BCUT2D eigenvalue weighted by Crippen LogP contribution is -2.40. The summed E-state index contributed by atoms with van der Waals surface area (Å²) in [5.74, 6) is -0.196. The number of alkyl halides is 1. The number of aromatic nitrogens is 1. The number of imide groups is 1. The molecule has 0 saturated carbocycles. The molecule has 1 rings (SSSR count). The molecule has 0 spiro atoms. The Morgan fingerprint density at radius 1 is 1.41 bits per heavy atom. The molecule has 0 aromatic carbocycles. The summed E-state index contributed by atoms with van der Waals surface area (Å²) >= 11 is 5.38. The van der Waals surface area contributed by atoms with Crippen molar-refractivity contribution in [1.29, 1.82) is 0 Å². The van der Waals surface area contributed by atoms with Gasteiger partial charge < -0.3 is 5.32 Å². The summed E-state index contributed by atoms with van der Waals surface area (Å²) in [6.07, 6.45) is 3.41. The van der Waals surface area contributed by atoms with Crippen LogP contribution in [0, 0.1) is 0 Å². The number of hydrogen-bond donors (Lipinski definition) is 2. The van der Waals surface area contributed by atoms with Gasteiger partial charge in [-0.25, -0.2) is 4.79 Å². The summed E-state index contributed by atoms with van der Waals surface area (Å²) in [6, 6.07) is 2.88. The quantitative estimate of drug-likeness (QED) is 0.803. The molecule has 5 nitrogen and oxygen atoms in total. The Bertz CT molecular complexity index is 384. The van der Waals surface area contributed by atoms with Crippen LogP contribution >= 0.6 is 11.6 Å². The van der Waals surface area contributed by atoms with Gasteiger partial charge in [0.15, 0.2) is 0 Å². The minimum Gasteiger partial charge on any atom is -0.331 e. The smallest absolute Gasteiger partial charge is 0.321 e. The van der Waals surface area contributed by atoms with E-state index in [9.17, 15) is 9.59 Å². The topological polar surface area (TPSA) is 71.1 Å². The zero-order valence-electron chi connectivity index (χ0n) is 9.44. The third-order valence-corrected chi connectivity index (χ3v) is 2.32. The molecule has 1 aromatic heterocycles. The van der Waals surface area contributed by atoms with E-state index in [4.69, 9.17) is 11.6 Å². The SMILES string of the molecule is CC(NC(=O)NC(=O)CCCl)c1ccncc1. The first-order valence-corrected chi connectivity index (χ1v) is 5.73. The molecule has 0 aliphatic rings. The van der Waals surface area contributed by atoms with Crippen LogP contribution in [0.2, 0.25) is 0 Å². The number of rotatable bonds is 4. The van der Waals surface area contributed by atoms with Gasteiger partial charge in [0.1, 0.15) is 0 Å². The maximum absolute atomic E-state index is 11.4. The van der Waals surface area contributed by atoms with Crippen molar-refractivity contribution in [1.82, 2.24) is 15.6 Å². The predicted molar refractivity (Wildman–Crippen MR) is 64.7 cm³/mol. The Morgan fingerprint density at radius 3 is 2.65 bits per heavy atom. The van der Waals surface area contributed by atoms with E-state index in [1.165, 1.54) is 0 Å². The van der Waals surface area contributed by atoms with Gasteiger partial charge in [0.2, 0.25) is 5.91 Å². The number of nitrogens with one attached hydrogen (secondary N) is 2. The number of carbonyl (C=O) groups excluding carboxylic acids is 2. The molecular weight excluding hydrogens is 242 g/mol. The van der Waals surface area contributed by atoms with Crippen LogP contribution in [0.4, 0.5) is 4.79 Å². The maximum Gasteiger partial charge on any atom is 0.321 e. The highest BCUT2D eigenvalue weighted by Crippen LogP contribution is 2.09. The van der Waals surface area contributed by atoms with Crippen molar-refractivity contribution in [3.8, 4) is 0 Å². The van der Waals surface area contributed by atoms with E-state index in [0.717, 1.165) is 5.56 Å². The third kappa shape index (κ3) is 4.82. The molecular formula is C11H14ClN3O2. The molecule has 92 valence electrons. The van der Waals surface area contributed by atoms with Crippen LogP contribution in [0.25, 0.3) is 0 Å². The van der Waals surface area contributed by atoms with Crippen molar-refractivity contribution < 1.29 is 9.59 Å². The average molecular weight is 256 g/mol. The van der Waals surface area contributed by atoms with Gasteiger partial charge in [0.05, 0.1) is 6.04 Å². The predicted octanol–water partition coefficient (Wildman–Crippen LogP) is 1.60. The Kier molecular flexibility index (Phi) is 5.42.